The molecule has 0 bridgehead atoms. The number of hydrogen-bond acceptors (Lipinski definition) is 3. The van der Waals surface area contributed by atoms with Gasteiger partial charge in [-0.05, 0) is 23.6 Å². The summed E-state index contributed by atoms with van der Waals surface area (Å²) in [5, 5.41) is 6.31. The molecule has 116 valence electrons. The Bertz CT molecular complexity index is 778. The third kappa shape index (κ3) is 3.57. The Morgan fingerprint density at radius 3 is 2.78 bits per heavy atom. The van der Waals surface area contributed by atoms with E-state index in [-0.39, 0.29) is 5.91 Å². The first-order valence-electron chi connectivity index (χ1n) is 7.30. The van der Waals surface area contributed by atoms with Crippen LogP contribution in [-0.2, 0) is 6.54 Å². The fourth-order valence-electron chi connectivity index (χ4n) is 2.30. The summed E-state index contributed by atoms with van der Waals surface area (Å²) in [7, 11) is 0. The number of thiophene rings is 1. The number of hydrogen-bond donors (Lipinski definition) is 0. The summed E-state index contributed by atoms with van der Waals surface area (Å²) in [4.78, 5) is 15.7. The van der Waals surface area contributed by atoms with Gasteiger partial charge in [0.15, 0.2) is 0 Å². The highest BCUT2D eigenvalue weighted by Gasteiger charge is 2.17. The number of carbonyl (C=O) groups excluding carboxylic acids is 1. The molecule has 0 saturated carbocycles. The van der Waals surface area contributed by atoms with Crippen LogP contribution in [0.2, 0.25) is 0 Å². The summed E-state index contributed by atoms with van der Waals surface area (Å²) in [5.74, 6) is -0.0412. The van der Waals surface area contributed by atoms with Crippen LogP contribution in [0.5, 0.6) is 0 Å². The third-order valence-corrected chi connectivity index (χ3v) is 4.27. The number of amides is 1. The Labute approximate surface area is 139 Å². The zero-order valence-electron chi connectivity index (χ0n) is 12.6. The second-order valence-corrected chi connectivity index (χ2v) is 6.10. The van der Waals surface area contributed by atoms with Gasteiger partial charge in [0, 0.05) is 17.6 Å². The highest BCUT2D eigenvalue weighted by molar-refractivity contribution is 7.09. The van der Waals surface area contributed by atoms with E-state index in [1.807, 2.05) is 47.8 Å². The molecule has 0 fully saturated rings. The maximum absolute atomic E-state index is 12.7. The molecule has 3 rings (SSSR count). The smallest absolute Gasteiger partial charge is 0.257 e. The molecule has 0 saturated heterocycles. The van der Waals surface area contributed by atoms with Crippen LogP contribution in [0.15, 0.2) is 72.9 Å². The van der Waals surface area contributed by atoms with Crippen molar-refractivity contribution < 1.29 is 4.79 Å². The van der Waals surface area contributed by atoms with Gasteiger partial charge in [-0.2, -0.15) is 5.10 Å². The second-order valence-electron chi connectivity index (χ2n) is 5.06. The van der Waals surface area contributed by atoms with Crippen molar-refractivity contribution in [2.24, 2.45) is 0 Å². The van der Waals surface area contributed by atoms with E-state index in [1.165, 1.54) is 0 Å². The van der Waals surface area contributed by atoms with Crippen molar-refractivity contribution in [1.29, 1.82) is 0 Å². The number of para-hydroxylation sites is 1. The molecule has 0 radical (unpaired) electrons. The quantitative estimate of drug-likeness (QED) is 0.648. The zero-order chi connectivity index (χ0) is 16.1. The molecule has 3 aromatic rings. The number of aromatic nitrogens is 2. The fourth-order valence-corrected chi connectivity index (χ4v) is 3.02. The first-order valence-corrected chi connectivity index (χ1v) is 8.18. The van der Waals surface area contributed by atoms with Crippen LogP contribution in [-0.4, -0.2) is 27.1 Å². The van der Waals surface area contributed by atoms with Gasteiger partial charge in [0.05, 0.1) is 24.0 Å². The Morgan fingerprint density at radius 1 is 1.26 bits per heavy atom. The van der Waals surface area contributed by atoms with Crippen LogP contribution in [0.25, 0.3) is 5.69 Å². The Kier molecular flexibility index (Phi) is 4.68. The molecular formula is C18H17N3OS. The summed E-state index contributed by atoms with van der Waals surface area (Å²) in [5.41, 5.74) is 1.51. The Balaban J connectivity index is 1.80. The highest BCUT2D eigenvalue weighted by Crippen LogP contribution is 2.15. The van der Waals surface area contributed by atoms with Crippen LogP contribution in [0, 0.1) is 0 Å². The summed E-state index contributed by atoms with van der Waals surface area (Å²) in [6, 6.07) is 13.8. The standard InChI is InChI=1S/C18H17N3OS/c1-2-10-20(14-17-9-6-11-23-17)18(22)15-12-19-21(13-15)16-7-4-3-5-8-16/h2-9,11-13H,1,10,14H2. The highest BCUT2D eigenvalue weighted by atomic mass is 32.1. The van der Waals surface area contributed by atoms with Crippen LogP contribution in [0.4, 0.5) is 0 Å². The predicted octanol–water partition coefficient (Wildman–Crippen LogP) is 3.76. The summed E-state index contributed by atoms with van der Waals surface area (Å²) in [6.45, 7) is 4.84. The van der Waals surface area contributed by atoms with Gasteiger partial charge < -0.3 is 4.90 Å². The molecule has 1 amide bonds. The number of benzene rings is 1. The Morgan fingerprint density at radius 2 is 2.09 bits per heavy atom. The van der Waals surface area contributed by atoms with Crippen LogP contribution < -0.4 is 0 Å². The third-order valence-electron chi connectivity index (χ3n) is 3.41. The molecule has 0 atom stereocenters. The predicted molar refractivity (Wildman–Crippen MR) is 92.8 cm³/mol. The van der Waals surface area contributed by atoms with E-state index >= 15 is 0 Å². The molecule has 2 aromatic heterocycles. The number of nitrogens with zero attached hydrogens (tertiary/aromatic N) is 3. The molecule has 0 aliphatic heterocycles. The lowest BCUT2D eigenvalue weighted by Gasteiger charge is -2.19. The summed E-state index contributed by atoms with van der Waals surface area (Å²) in [6.07, 6.45) is 5.12. The minimum atomic E-state index is -0.0412. The van der Waals surface area contributed by atoms with Gasteiger partial charge in [-0.25, -0.2) is 4.68 Å². The maximum Gasteiger partial charge on any atom is 0.257 e. The summed E-state index contributed by atoms with van der Waals surface area (Å²) >= 11 is 1.64. The summed E-state index contributed by atoms with van der Waals surface area (Å²) < 4.78 is 1.71. The van der Waals surface area contributed by atoms with E-state index in [9.17, 15) is 4.79 Å². The van der Waals surface area contributed by atoms with Gasteiger partial charge in [0.1, 0.15) is 0 Å². The van der Waals surface area contributed by atoms with Crippen LogP contribution in [0.3, 0.4) is 0 Å². The average Bonchev–Trinajstić information content (AvgIpc) is 3.26. The van der Waals surface area contributed by atoms with Crippen LogP contribution in [0.1, 0.15) is 15.2 Å². The minimum Gasteiger partial charge on any atom is -0.330 e. The van der Waals surface area contributed by atoms with Gasteiger partial charge in [-0.3, -0.25) is 4.79 Å². The van der Waals surface area contributed by atoms with E-state index in [2.05, 4.69) is 11.7 Å². The topological polar surface area (TPSA) is 38.1 Å². The molecule has 0 N–H and O–H groups in total. The lowest BCUT2D eigenvalue weighted by atomic mass is 10.3. The van der Waals surface area contributed by atoms with E-state index in [0.717, 1.165) is 10.6 Å². The second kappa shape index (κ2) is 7.07. The zero-order valence-corrected chi connectivity index (χ0v) is 13.4. The number of rotatable bonds is 6. The van der Waals surface area contributed by atoms with Crippen molar-refractivity contribution in [2.75, 3.05) is 6.54 Å². The molecule has 0 spiro atoms. The molecule has 0 unspecified atom stereocenters. The molecular weight excluding hydrogens is 306 g/mol. The first kappa shape index (κ1) is 15.2. The molecule has 0 aliphatic carbocycles. The molecule has 5 heteroatoms. The minimum absolute atomic E-state index is 0.0412. The van der Waals surface area contributed by atoms with Crippen molar-refractivity contribution in [1.82, 2.24) is 14.7 Å². The average molecular weight is 323 g/mol. The van der Waals surface area contributed by atoms with E-state index in [1.54, 1.807) is 39.4 Å². The van der Waals surface area contributed by atoms with E-state index in [4.69, 9.17) is 0 Å². The van der Waals surface area contributed by atoms with Crippen LogP contribution >= 0.6 is 11.3 Å². The van der Waals surface area contributed by atoms with Gasteiger partial charge in [-0.1, -0.05) is 30.3 Å². The fraction of sp³-hybridized carbons (Fsp3) is 0.111. The van der Waals surface area contributed by atoms with Crippen molar-refractivity contribution in [3.8, 4) is 5.69 Å². The molecule has 4 nitrogen and oxygen atoms in total. The normalized spacial score (nSPS) is 10.4. The van der Waals surface area contributed by atoms with Gasteiger partial charge in [0.25, 0.3) is 5.91 Å². The maximum atomic E-state index is 12.7. The Hall–Kier alpha value is -2.66. The molecule has 0 aliphatic rings. The number of carbonyl (C=O) groups is 1. The van der Waals surface area contributed by atoms with Crippen molar-refractivity contribution in [2.45, 2.75) is 6.54 Å². The lowest BCUT2D eigenvalue weighted by Crippen LogP contribution is -2.30. The molecule has 1 aromatic carbocycles. The van der Waals surface area contributed by atoms with Gasteiger partial charge in [-0.15, -0.1) is 17.9 Å². The largest absolute Gasteiger partial charge is 0.330 e. The monoisotopic (exact) mass is 323 g/mol. The molecule has 23 heavy (non-hydrogen) atoms. The van der Waals surface area contributed by atoms with E-state index in [0.29, 0.717) is 18.7 Å². The van der Waals surface area contributed by atoms with Crippen molar-refractivity contribution in [3.63, 3.8) is 0 Å². The lowest BCUT2D eigenvalue weighted by molar-refractivity contribution is 0.0764. The first-order chi connectivity index (χ1) is 11.3. The van der Waals surface area contributed by atoms with Gasteiger partial charge >= 0.3 is 0 Å². The van der Waals surface area contributed by atoms with Crippen molar-refractivity contribution >= 4 is 17.2 Å². The van der Waals surface area contributed by atoms with Gasteiger partial charge in [0.2, 0.25) is 0 Å². The SMILES string of the molecule is C=CCN(Cc1cccs1)C(=O)c1cnn(-c2ccccc2)c1. The van der Waals surface area contributed by atoms with Crippen molar-refractivity contribution in [3.05, 3.63) is 83.3 Å². The van der Waals surface area contributed by atoms with E-state index < -0.39 is 0 Å². The molecule has 2 heterocycles.